The smallest absolute Gasteiger partial charge is 0.233 e. The molecule has 1 aromatic rings. The lowest BCUT2D eigenvalue weighted by atomic mass is 10.1. The molecule has 4 heteroatoms. The van der Waals surface area contributed by atoms with Gasteiger partial charge >= 0.3 is 0 Å². The van der Waals surface area contributed by atoms with E-state index in [-0.39, 0.29) is 5.91 Å². The van der Waals surface area contributed by atoms with E-state index in [2.05, 4.69) is 48.6 Å². The van der Waals surface area contributed by atoms with Gasteiger partial charge in [0.15, 0.2) is 0 Å². The molecule has 1 amide bonds. The molecule has 100 valence electrons. The Balaban J connectivity index is 2.27. The fourth-order valence-electron chi connectivity index (χ4n) is 1.80. The van der Waals surface area contributed by atoms with Gasteiger partial charge in [0.1, 0.15) is 0 Å². The minimum Gasteiger partial charge on any atom is -0.303 e. The third-order valence-corrected chi connectivity index (χ3v) is 3.30. The van der Waals surface area contributed by atoms with Gasteiger partial charge in [-0.25, -0.2) is 5.84 Å². The lowest BCUT2D eigenvalue weighted by molar-refractivity contribution is -0.121. The van der Waals surface area contributed by atoms with Crippen molar-refractivity contribution in [2.75, 3.05) is 13.6 Å². The predicted octanol–water partition coefficient (Wildman–Crippen LogP) is 1.32. The number of nitrogens with one attached hydrogen (secondary N) is 1. The molecule has 0 heterocycles. The van der Waals surface area contributed by atoms with Crippen molar-refractivity contribution in [3.05, 3.63) is 35.9 Å². The van der Waals surface area contributed by atoms with Gasteiger partial charge < -0.3 is 4.90 Å². The van der Waals surface area contributed by atoms with Crippen molar-refractivity contribution < 1.29 is 4.79 Å². The number of carbonyl (C=O) groups is 1. The van der Waals surface area contributed by atoms with E-state index in [0.29, 0.717) is 12.5 Å². The predicted molar refractivity (Wildman–Crippen MR) is 73.8 cm³/mol. The maximum absolute atomic E-state index is 11.1. The highest BCUT2D eigenvalue weighted by Crippen LogP contribution is 2.07. The first-order valence-corrected chi connectivity index (χ1v) is 6.37. The summed E-state index contributed by atoms with van der Waals surface area (Å²) in [7, 11) is 2.09. The molecule has 0 radical (unpaired) electrons. The fourth-order valence-corrected chi connectivity index (χ4v) is 1.80. The van der Waals surface area contributed by atoms with Crippen molar-refractivity contribution in [2.24, 2.45) is 5.84 Å². The molecule has 0 bridgehead atoms. The molecular formula is C14H23N3O. The summed E-state index contributed by atoms with van der Waals surface area (Å²) >= 11 is 0. The normalized spacial score (nSPS) is 12.4. The van der Waals surface area contributed by atoms with Gasteiger partial charge in [0, 0.05) is 19.0 Å². The average Bonchev–Trinajstić information content (AvgIpc) is 2.42. The third-order valence-electron chi connectivity index (χ3n) is 3.30. The molecule has 0 aromatic heterocycles. The number of nitrogens with zero attached hydrogens (tertiary/aromatic N) is 1. The zero-order chi connectivity index (χ0) is 13.4. The van der Waals surface area contributed by atoms with Crippen LogP contribution >= 0.6 is 0 Å². The van der Waals surface area contributed by atoms with Crippen molar-refractivity contribution >= 4 is 5.91 Å². The zero-order valence-electron chi connectivity index (χ0n) is 11.2. The number of amides is 1. The third kappa shape index (κ3) is 5.29. The largest absolute Gasteiger partial charge is 0.303 e. The Morgan fingerprint density at radius 2 is 2.06 bits per heavy atom. The minimum atomic E-state index is -0.0988. The second-order valence-corrected chi connectivity index (χ2v) is 4.67. The van der Waals surface area contributed by atoms with E-state index in [1.807, 2.05) is 6.07 Å². The first kappa shape index (κ1) is 14.7. The number of nitrogens with two attached hydrogens (primary N) is 1. The van der Waals surface area contributed by atoms with Crippen LogP contribution in [0.25, 0.3) is 0 Å². The number of carbonyl (C=O) groups excluding carboxylic acids is 1. The molecule has 0 aliphatic heterocycles. The zero-order valence-corrected chi connectivity index (χ0v) is 11.2. The monoisotopic (exact) mass is 249 g/mol. The molecule has 1 aromatic carbocycles. The van der Waals surface area contributed by atoms with Crippen LogP contribution in [0.3, 0.4) is 0 Å². The number of likely N-dealkylation sites (N-methyl/N-ethyl adjacent to an activating group) is 1. The Morgan fingerprint density at radius 1 is 1.39 bits per heavy atom. The van der Waals surface area contributed by atoms with E-state index in [4.69, 9.17) is 5.84 Å². The Labute approximate surface area is 109 Å². The van der Waals surface area contributed by atoms with Gasteiger partial charge in [0.2, 0.25) is 5.91 Å². The average molecular weight is 249 g/mol. The van der Waals surface area contributed by atoms with E-state index >= 15 is 0 Å². The molecule has 0 aliphatic carbocycles. The molecule has 4 nitrogen and oxygen atoms in total. The summed E-state index contributed by atoms with van der Waals surface area (Å²) in [6.45, 7) is 3.13. The van der Waals surface area contributed by atoms with Crippen LogP contribution in [-0.2, 0) is 11.2 Å². The first-order valence-electron chi connectivity index (χ1n) is 6.37. The summed E-state index contributed by atoms with van der Waals surface area (Å²) in [4.78, 5) is 13.3. The minimum absolute atomic E-state index is 0.0988. The second kappa shape index (κ2) is 7.84. The van der Waals surface area contributed by atoms with Gasteiger partial charge in [0.05, 0.1) is 0 Å². The quantitative estimate of drug-likeness (QED) is 0.435. The lowest BCUT2D eigenvalue weighted by Crippen LogP contribution is -2.34. The van der Waals surface area contributed by atoms with Crippen LogP contribution in [0.1, 0.15) is 25.3 Å². The molecule has 1 atom stereocenters. The number of hydrazine groups is 1. The van der Waals surface area contributed by atoms with E-state index in [0.717, 1.165) is 19.4 Å². The van der Waals surface area contributed by atoms with Gasteiger partial charge in [-0.3, -0.25) is 10.2 Å². The van der Waals surface area contributed by atoms with Crippen LogP contribution in [0.2, 0.25) is 0 Å². The van der Waals surface area contributed by atoms with Gasteiger partial charge in [-0.2, -0.15) is 0 Å². The SMILES string of the molecule is CC(CCC(=O)NN)N(C)CCc1ccccc1. The Hall–Kier alpha value is -1.39. The summed E-state index contributed by atoms with van der Waals surface area (Å²) in [5, 5.41) is 0. The maximum atomic E-state index is 11.1. The summed E-state index contributed by atoms with van der Waals surface area (Å²) in [5.41, 5.74) is 3.50. The van der Waals surface area contributed by atoms with Crippen LogP contribution < -0.4 is 11.3 Å². The number of hydrogen-bond donors (Lipinski definition) is 2. The fraction of sp³-hybridized carbons (Fsp3) is 0.500. The number of rotatable bonds is 7. The number of hydrogen-bond acceptors (Lipinski definition) is 3. The topological polar surface area (TPSA) is 58.4 Å². The number of benzene rings is 1. The maximum Gasteiger partial charge on any atom is 0.233 e. The van der Waals surface area contributed by atoms with Crippen molar-refractivity contribution in [2.45, 2.75) is 32.2 Å². The van der Waals surface area contributed by atoms with Gasteiger partial charge in [-0.15, -0.1) is 0 Å². The van der Waals surface area contributed by atoms with Crippen LogP contribution in [0.4, 0.5) is 0 Å². The van der Waals surface area contributed by atoms with Crippen molar-refractivity contribution in [3.63, 3.8) is 0 Å². The molecule has 18 heavy (non-hydrogen) atoms. The Kier molecular flexibility index (Phi) is 6.39. The van der Waals surface area contributed by atoms with Crippen LogP contribution in [0.5, 0.6) is 0 Å². The van der Waals surface area contributed by atoms with Crippen LogP contribution in [-0.4, -0.2) is 30.4 Å². The Morgan fingerprint density at radius 3 is 2.67 bits per heavy atom. The Bertz CT molecular complexity index is 353. The van der Waals surface area contributed by atoms with E-state index in [9.17, 15) is 4.79 Å². The van der Waals surface area contributed by atoms with Crippen molar-refractivity contribution in [1.82, 2.24) is 10.3 Å². The first-order chi connectivity index (χ1) is 8.63. The molecule has 0 fully saturated rings. The van der Waals surface area contributed by atoms with Crippen LogP contribution in [0.15, 0.2) is 30.3 Å². The van der Waals surface area contributed by atoms with E-state index < -0.39 is 0 Å². The van der Waals surface area contributed by atoms with Crippen LogP contribution in [0, 0.1) is 0 Å². The summed E-state index contributed by atoms with van der Waals surface area (Å²) in [6.07, 6.45) is 2.34. The lowest BCUT2D eigenvalue weighted by Gasteiger charge is -2.24. The van der Waals surface area contributed by atoms with Gasteiger partial charge in [0.25, 0.3) is 0 Å². The van der Waals surface area contributed by atoms with E-state index in [1.165, 1.54) is 5.56 Å². The summed E-state index contributed by atoms with van der Waals surface area (Å²) in [6, 6.07) is 10.8. The highest BCUT2D eigenvalue weighted by atomic mass is 16.2. The molecular weight excluding hydrogens is 226 g/mol. The second-order valence-electron chi connectivity index (χ2n) is 4.67. The summed E-state index contributed by atoms with van der Waals surface area (Å²) in [5.74, 6) is 4.96. The van der Waals surface area contributed by atoms with Crippen molar-refractivity contribution in [3.8, 4) is 0 Å². The van der Waals surface area contributed by atoms with Crippen molar-refractivity contribution in [1.29, 1.82) is 0 Å². The molecule has 3 N–H and O–H groups in total. The highest BCUT2D eigenvalue weighted by molar-refractivity contribution is 5.75. The molecule has 0 spiro atoms. The molecule has 0 saturated heterocycles. The molecule has 0 saturated carbocycles. The van der Waals surface area contributed by atoms with E-state index in [1.54, 1.807) is 0 Å². The molecule has 1 rings (SSSR count). The van der Waals surface area contributed by atoms with Gasteiger partial charge in [-0.1, -0.05) is 30.3 Å². The summed E-state index contributed by atoms with van der Waals surface area (Å²) < 4.78 is 0. The molecule has 1 unspecified atom stereocenters. The highest BCUT2D eigenvalue weighted by Gasteiger charge is 2.10. The van der Waals surface area contributed by atoms with Gasteiger partial charge in [-0.05, 0) is 32.4 Å². The molecule has 0 aliphatic rings. The standard InChI is InChI=1S/C14H23N3O/c1-12(8-9-14(18)16-15)17(2)11-10-13-6-4-3-5-7-13/h3-7,12H,8-11,15H2,1-2H3,(H,16,18).